The number of hydrogen-bond acceptors (Lipinski definition) is 3. The van der Waals surface area contributed by atoms with Crippen LogP contribution in [0.4, 0.5) is 18.9 Å². The molecule has 146 valence electrons. The third kappa shape index (κ3) is 5.69. The molecule has 2 atom stereocenters. The van der Waals surface area contributed by atoms with E-state index in [9.17, 15) is 28.0 Å². The minimum Gasteiger partial charge on any atom is -0.333 e. The highest BCUT2D eigenvalue weighted by Crippen LogP contribution is 2.39. The van der Waals surface area contributed by atoms with Crippen LogP contribution in [0.25, 0.3) is 0 Å². The summed E-state index contributed by atoms with van der Waals surface area (Å²) in [4.78, 5) is 24.7. The predicted molar refractivity (Wildman–Crippen MR) is 91.6 cm³/mol. The average Bonchev–Trinajstić information content (AvgIpc) is 3.39. The van der Waals surface area contributed by atoms with Crippen molar-refractivity contribution in [2.45, 2.75) is 31.5 Å². The summed E-state index contributed by atoms with van der Waals surface area (Å²) in [6, 6.07) is 6.82. The molecule has 0 spiro atoms. The Kier molecular flexibility index (Phi) is 6.11. The molecule has 6 nitrogen and oxygen atoms in total. The van der Waals surface area contributed by atoms with E-state index in [4.69, 9.17) is 0 Å². The predicted octanol–water partition coefficient (Wildman–Crippen LogP) is 0.967. The van der Waals surface area contributed by atoms with Crippen LogP contribution < -0.4 is 15.5 Å². The maximum Gasteiger partial charge on any atom is 0.418 e. The van der Waals surface area contributed by atoms with Crippen molar-refractivity contribution < 1.29 is 27.7 Å². The third-order valence-corrected chi connectivity index (χ3v) is 4.46. The number of halogens is 3. The zero-order chi connectivity index (χ0) is 20.2. The molecule has 27 heavy (non-hydrogen) atoms. The molecule has 0 bridgehead atoms. The standard InChI is InChI=1S/C18H21F3N4O2/c1-17(11-22,12-7-8-12)24-16(27)10-25(2)9-15(26)23-14-6-4-3-5-13(14)18(19,20)21/h3-6,12H,7-10H2,1-2H3,(H,23,26)(H,24,27)/p+1/t17-/m1/s1. The molecule has 1 unspecified atom stereocenters. The molecule has 0 radical (unpaired) electrons. The topological polar surface area (TPSA) is 86.4 Å². The molecule has 0 aliphatic heterocycles. The fraction of sp³-hybridized carbons (Fsp3) is 0.500. The quantitative estimate of drug-likeness (QED) is 0.656. The Morgan fingerprint density at radius 1 is 1.22 bits per heavy atom. The van der Waals surface area contributed by atoms with Crippen LogP contribution in [0, 0.1) is 17.2 Å². The molecule has 1 aromatic carbocycles. The van der Waals surface area contributed by atoms with Gasteiger partial charge in [0.15, 0.2) is 13.1 Å². The molecule has 1 saturated carbocycles. The van der Waals surface area contributed by atoms with Crippen LogP contribution in [0.2, 0.25) is 0 Å². The van der Waals surface area contributed by atoms with E-state index in [1.54, 1.807) is 14.0 Å². The van der Waals surface area contributed by atoms with Crippen LogP contribution in [-0.2, 0) is 15.8 Å². The lowest BCUT2D eigenvalue weighted by atomic mass is 9.98. The van der Waals surface area contributed by atoms with E-state index in [-0.39, 0.29) is 30.6 Å². The number of benzene rings is 1. The molecule has 1 aliphatic carbocycles. The highest BCUT2D eigenvalue weighted by atomic mass is 19.4. The van der Waals surface area contributed by atoms with Crippen molar-refractivity contribution in [1.29, 1.82) is 5.26 Å². The Morgan fingerprint density at radius 2 is 1.81 bits per heavy atom. The second kappa shape index (κ2) is 7.96. The van der Waals surface area contributed by atoms with Crippen molar-refractivity contribution in [1.82, 2.24) is 5.32 Å². The summed E-state index contributed by atoms with van der Waals surface area (Å²) < 4.78 is 38.9. The molecule has 2 amide bonds. The van der Waals surface area contributed by atoms with Gasteiger partial charge in [-0.2, -0.15) is 18.4 Å². The van der Waals surface area contributed by atoms with E-state index in [1.165, 1.54) is 18.2 Å². The maximum absolute atomic E-state index is 13.0. The number of alkyl halides is 3. The first-order valence-electron chi connectivity index (χ1n) is 8.55. The van der Waals surface area contributed by atoms with Crippen LogP contribution in [0.15, 0.2) is 24.3 Å². The molecule has 1 aromatic rings. The van der Waals surface area contributed by atoms with Crippen LogP contribution in [0.5, 0.6) is 0 Å². The average molecular weight is 383 g/mol. The van der Waals surface area contributed by atoms with E-state index >= 15 is 0 Å². The van der Waals surface area contributed by atoms with Crippen molar-refractivity contribution in [2.24, 2.45) is 5.92 Å². The van der Waals surface area contributed by atoms with E-state index in [2.05, 4.69) is 16.7 Å². The zero-order valence-electron chi connectivity index (χ0n) is 15.1. The Morgan fingerprint density at radius 3 is 2.37 bits per heavy atom. The molecule has 0 aromatic heterocycles. The van der Waals surface area contributed by atoms with Gasteiger partial charge in [-0.3, -0.25) is 9.59 Å². The van der Waals surface area contributed by atoms with Crippen LogP contribution >= 0.6 is 0 Å². The smallest absolute Gasteiger partial charge is 0.333 e. The number of nitrogens with zero attached hydrogens (tertiary/aromatic N) is 1. The van der Waals surface area contributed by atoms with E-state index in [1.807, 2.05) is 0 Å². The van der Waals surface area contributed by atoms with Gasteiger partial charge in [0, 0.05) is 0 Å². The highest BCUT2D eigenvalue weighted by Gasteiger charge is 2.43. The first-order chi connectivity index (χ1) is 12.5. The van der Waals surface area contributed by atoms with Crippen LogP contribution in [0.1, 0.15) is 25.3 Å². The SMILES string of the molecule is C[NH+](CC(=O)Nc1ccccc1C(F)(F)F)CC(=O)N[C@](C)(C#N)C1CC1. The summed E-state index contributed by atoms with van der Waals surface area (Å²) in [5.41, 5.74) is -2.17. The van der Waals surface area contributed by atoms with Crippen molar-refractivity contribution >= 4 is 17.5 Å². The van der Waals surface area contributed by atoms with Gasteiger partial charge in [0.2, 0.25) is 0 Å². The summed E-state index contributed by atoms with van der Waals surface area (Å²) >= 11 is 0. The lowest BCUT2D eigenvalue weighted by Gasteiger charge is -2.23. The second-order valence-electron chi connectivity index (χ2n) is 7.04. The van der Waals surface area contributed by atoms with Crippen molar-refractivity contribution in [3.05, 3.63) is 29.8 Å². The number of nitriles is 1. The van der Waals surface area contributed by atoms with E-state index < -0.39 is 23.2 Å². The lowest BCUT2D eigenvalue weighted by Crippen LogP contribution is -3.11. The second-order valence-corrected chi connectivity index (χ2v) is 7.04. The third-order valence-electron chi connectivity index (χ3n) is 4.46. The molecular weight excluding hydrogens is 361 g/mol. The molecule has 2 rings (SSSR count). The van der Waals surface area contributed by atoms with Crippen molar-refractivity contribution in [3.63, 3.8) is 0 Å². The molecule has 1 aliphatic rings. The number of rotatable bonds is 7. The molecular formula is C18H22F3N4O2+. The fourth-order valence-corrected chi connectivity index (χ4v) is 2.86. The fourth-order valence-electron chi connectivity index (χ4n) is 2.86. The minimum absolute atomic E-state index is 0.0711. The molecule has 3 N–H and O–H groups in total. The van der Waals surface area contributed by atoms with Gasteiger partial charge in [-0.15, -0.1) is 0 Å². The Bertz CT molecular complexity index is 756. The summed E-state index contributed by atoms with van der Waals surface area (Å²) in [5, 5.41) is 14.2. The number of carbonyl (C=O) groups excluding carboxylic acids is 2. The zero-order valence-corrected chi connectivity index (χ0v) is 15.1. The largest absolute Gasteiger partial charge is 0.418 e. The Hall–Kier alpha value is -2.60. The van der Waals surface area contributed by atoms with Crippen molar-refractivity contribution in [3.8, 4) is 6.07 Å². The number of likely N-dealkylation sites (N-methyl/N-ethyl adjacent to an activating group) is 1. The van der Waals surface area contributed by atoms with Gasteiger partial charge in [-0.1, -0.05) is 12.1 Å². The van der Waals surface area contributed by atoms with Gasteiger partial charge >= 0.3 is 6.18 Å². The monoisotopic (exact) mass is 383 g/mol. The summed E-state index contributed by atoms with van der Waals surface area (Å²) in [6.45, 7) is 1.41. The minimum atomic E-state index is -4.58. The van der Waals surface area contributed by atoms with Crippen LogP contribution in [0.3, 0.4) is 0 Å². The first-order valence-corrected chi connectivity index (χ1v) is 8.55. The normalized spacial score (nSPS) is 17.3. The summed E-state index contributed by atoms with van der Waals surface area (Å²) in [5.74, 6) is -0.886. The lowest BCUT2D eigenvalue weighted by molar-refractivity contribution is -0.862. The van der Waals surface area contributed by atoms with Gasteiger partial charge in [-0.05, 0) is 37.8 Å². The Balaban J connectivity index is 1.89. The highest BCUT2D eigenvalue weighted by molar-refractivity contribution is 5.92. The number of carbonyl (C=O) groups is 2. The number of para-hydroxylation sites is 1. The number of quaternary nitrogens is 1. The number of anilines is 1. The van der Waals surface area contributed by atoms with Gasteiger partial charge in [0.1, 0.15) is 5.54 Å². The van der Waals surface area contributed by atoms with E-state index in [0.717, 1.165) is 18.9 Å². The van der Waals surface area contributed by atoms with Gasteiger partial charge < -0.3 is 15.5 Å². The number of hydrogen-bond donors (Lipinski definition) is 3. The molecule has 9 heteroatoms. The van der Waals surface area contributed by atoms with Crippen LogP contribution in [-0.4, -0.2) is 37.5 Å². The molecule has 0 saturated heterocycles. The first kappa shape index (κ1) is 20.7. The number of amides is 2. The van der Waals surface area contributed by atoms with Gasteiger partial charge in [0.05, 0.1) is 24.4 Å². The summed E-state index contributed by atoms with van der Waals surface area (Å²) in [6.07, 6.45) is -2.81. The summed E-state index contributed by atoms with van der Waals surface area (Å²) in [7, 11) is 1.58. The number of nitrogens with one attached hydrogen (secondary N) is 3. The Labute approximate surface area is 155 Å². The molecule has 1 fully saturated rings. The van der Waals surface area contributed by atoms with Crippen molar-refractivity contribution in [2.75, 3.05) is 25.5 Å². The van der Waals surface area contributed by atoms with E-state index in [0.29, 0.717) is 4.90 Å². The van der Waals surface area contributed by atoms with Gasteiger partial charge in [-0.25, -0.2) is 0 Å². The van der Waals surface area contributed by atoms with Gasteiger partial charge in [0.25, 0.3) is 11.8 Å². The molecule has 0 heterocycles. The maximum atomic E-state index is 13.0.